The van der Waals surface area contributed by atoms with Crippen LogP contribution in [0.15, 0.2) is 53.4 Å². The van der Waals surface area contributed by atoms with Crippen LogP contribution in [0.5, 0.6) is 0 Å². The zero-order valence-corrected chi connectivity index (χ0v) is 17.3. The minimum absolute atomic E-state index is 0.00804. The molecule has 0 atom stereocenters. The highest BCUT2D eigenvalue weighted by molar-refractivity contribution is 8.00. The topological polar surface area (TPSA) is 75.7 Å². The molecule has 0 radical (unpaired) electrons. The average Bonchev–Trinajstić information content (AvgIpc) is 3.30. The Hall–Kier alpha value is -2.87. The van der Waals surface area contributed by atoms with Crippen molar-refractivity contribution in [1.82, 2.24) is 10.2 Å². The van der Waals surface area contributed by atoms with Crippen LogP contribution in [0.3, 0.4) is 0 Å². The van der Waals surface area contributed by atoms with Gasteiger partial charge in [-0.25, -0.2) is 9.18 Å². The Morgan fingerprint density at radius 2 is 1.73 bits per heavy atom. The quantitative estimate of drug-likeness (QED) is 0.515. The molecular weight excluding hydrogens is 407 g/mol. The van der Waals surface area contributed by atoms with Crippen molar-refractivity contribution >= 4 is 29.5 Å². The maximum Gasteiger partial charge on any atom is 0.339 e. The van der Waals surface area contributed by atoms with E-state index in [9.17, 15) is 18.8 Å². The Bertz CT molecular complexity index is 916. The van der Waals surface area contributed by atoms with Crippen molar-refractivity contribution < 1.29 is 23.5 Å². The number of nitrogens with zero attached hydrogens (tertiary/aromatic N) is 1. The number of esters is 1. The highest BCUT2D eigenvalue weighted by Gasteiger charge is 2.20. The lowest BCUT2D eigenvalue weighted by molar-refractivity contribution is -0.127. The molecule has 0 aromatic heterocycles. The molecular formula is C22H23FN2O4S. The highest BCUT2D eigenvalue weighted by atomic mass is 32.2. The van der Waals surface area contributed by atoms with Crippen molar-refractivity contribution in [2.75, 3.05) is 25.4 Å². The molecule has 8 heteroatoms. The molecule has 1 aliphatic rings. The number of likely N-dealkylation sites (tertiary alicyclic amines) is 1. The molecule has 2 aromatic carbocycles. The fraction of sp³-hybridized carbons (Fsp3) is 0.318. The third-order valence-corrected chi connectivity index (χ3v) is 5.74. The molecule has 6 nitrogen and oxygen atoms in total. The maximum absolute atomic E-state index is 13.6. The second-order valence-corrected chi connectivity index (χ2v) is 7.83. The van der Waals surface area contributed by atoms with E-state index in [1.807, 2.05) is 4.90 Å². The first-order valence-corrected chi connectivity index (χ1v) is 10.7. The maximum atomic E-state index is 13.6. The molecule has 0 unspecified atom stereocenters. The van der Waals surface area contributed by atoms with Crippen LogP contribution in [0.25, 0.3) is 0 Å². The monoisotopic (exact) mass is 430 g/mol. The van der Waals surface area contributed by atoms with Gasteiger partial charge in [0.1, 0.15) is 5.82 Å². The van der Waals surface area contributed by atoms with E-state index in [2.05, 4.69) is 5.32 Å². The number of benzene rings is 2. The van der Waals surface area contributed by atoms with Crippen molar-refractivity contribution in [1.29, 1.82) is 0 Å². The number of amides is 2. The summed E-state index contributed by atoms with van der Waals surface area (Å²) in [6.07, 6.45) is 2.05. The van der Waals surface area contributed by atoms with Crippen LogP contribution in [-0.2, 0) is 20.9 Å². The van der Waals surface area contributed by atoms with Crippen LogP contribution in [0.2, 0.25) is 0 Å². The lowest BCUT2D eigenvalue weighted by atomic mass is 10.2. The standard InChI is InChI=1S/C22H23FN2O4S/c23-18-9-3-1-7-16(18)13-24-20(26)14-29-22(28)17-8-2-4-10-19(17)30-15-21(27)25-11-5-6-12-25/h1-4,7-10H,5-6,11-15H2,(H,24,26). The summed E-state index contributed by atoms with van der Waals surface area (Å²) in [5.41, 5.74) is 0.653. The number of carbonyl (C=O) groups is 3. The van der Waals surface area contributed by atoms with Gasteiger partial charge in [-0.05, 0) is 31.0 Å². The van der Waals surface area contributed by atoms with E-state index in [4.69, 9.17) is 4.74 Å². The van der Waals surface area contributed by atoms with Crippen LogP contribution >= 0.6 is 11.8 Å². The molecule has 0 saturated carbocycles. The van der Waals surface area contributed by atoms with Crippen molar-refractivity contribution in [3.05, 3.63) is 65.5 Å². The van der Waals surface area contributed by atoms with Crippen LogP contribution in [-0.4, -0.2) is 48.1 Å². The van der Waals surface area contributed by atoms with Gasteiger partial charge in [0.2, 0.25) is 5.91 Å². The van der Waals surface area contributed by atoms with Crippen molar-refractivity contribution in [3.63, 3.8) is 0 Å². The first-order valence-electron chi connectivity index (χ1n) is 9.71. The Morgan fingerprint density at radius 3 is 2.50 bits per heavy atom. The van der Waals surface area contributed by atoms with Crippen molar-refractivity contribution in [2.45, 2.75) is 24.3 Å². The normalized spacial score (nSPS) is 13.2. The van der Waals surface area contributed by atoms with Gasteiger partial charge in [0.05, 0.1) is 11.3 Å². The molecule has 0 spiro atoms. The number of halogens is 1. The fourth-order valence-corrected chi connectivity index (χ4v) is 4.00. The predicted molar refractivity (Wildman–Crippen MR) is 112 cm³/mol. The Morgan fingerprint density at radius 1 is 1.03 bits per heavy atom. The lowest BCUT2D eigenvalue weighted by Crippen LogP contribution is -2.29. The Labute approximate surface area is 178 Å². The van der Waals surface area contributed by atoms with Gasteiger partial charge in [0.25, 0.3) is 5.91 Å². The first kappa shape index (κ1) is 21.8. The number of rotatable bonds is 8. The number of hydrogen-bond donors (Lipinski definition) is 1. The largest absolute Gasteiger partial charge is 0.452 e. The number of hydrogen-bond acceptors (Lipinski definition) is 5. The number of nitrogens with one attached hydrogen (secondary N) is 1. The molecule has 2 amide bonds. The smallest absolute Gasteiger partial charge is 0.339 e. The van der Waals surface area contributed by atoms with Crippen LogP contribution in [0.4, 0.5) is 4.39 Å². The summed E-state index contributed by atoms with van der Waals surface area (Å²) in [7, 11) is 0. The Balaban J connectivity index is 1.49. The third kappa shape index (κ3) is 6.06. The van der Waals surface area contributed by atoms with E-state index in [0.29, 0.717) is 16.0 Å². The molecule has 1 aliphatic heterocycles. The van der Waals surface area contributed by atoms with Crippen LogP contribution in [0.1, 0.15) is 28.8 Å². The number of carbonyl (C=O) groups excluding carboxylic acids is 3. The van der Waals surface area contributed by atoms with Gasteiger partial charge in [-0.2, -0.15) is 0 Å². The van der Waals surface area contributed by atoms with Crippen LogP contribution in [0, 0.1) is 5.82 Å². The summed E-state index contributed by atoms with van der Waals surface area (Å²) in [5, 5.41) is 2.52. The molecule has 158 valence electrons. The molecule has 1 saturated heterocycles. The second-order valence-electron chi connectivity index (χ2n) is 6.82. The van der Waals surface area contributed by atoms with E-state index < -0.39 is 24.3 Å². The third-order valence-electron chi connectivity index (χ3n) is 4.69. The molecule has 0 aliphatic carbocycles. The number of thioether (sulfide) groups is 1. The van der Waals surface area contributed by atoms with Gasteiger partial charge in [-0.15, -0.1) is 11.8 Å². The molecule has 0 bridgehead atoms. The summed E-state index contributed by atoms with van der Waals surface area (Å²) < 4.78 is 18.7. The minimum Gasteiger partial charge on any atom is -0.452 e. The van der Waals surface area contributed by atoms with E-state index in [-0.39, 0.29) is 18.2 Å². The van der Waals surface area contributed by atoms with E-state index in [1.165, 1.54) is 17.8 Å². The van der Waals surface area contributed by atoms with Crippen LogP contribution < -0.4 is 5.32 Å². The second kappa shape index (κ2) is 10.8. The lowest BCUT2D eigenvalue weighted by Gasteiger charge is -2.15. The van der Waals surface area contributed by atoms with Gasteiger partial charge in [0.15, 0.2) is 6.61 Å². The fourth-order valence-electron chi connectivity index (χ4n) is 3.05. The van der Waals surface area contributed by atoms with Crippen molar-refractivity contribution in [2.24, 2.45) is 0 Å². The Kier molecular flexibility index (Phi) is 7.84. The SMILES string of the molecule is O=C(COC(=O)c1ccccc1SCC(=O)N1CCCC1)NCc1ccccc1F. The molecule has 2 aromatic rings. The van der Waals surface area contributed by atoms with E-state index in [0.717, 1.165) is 25.9 Å². The summed E-state index contributed by atoms with van der Waals surface area (Å²) in [5.74, 6) is -1.29. The van der Waals surface area contributed by atoms with E-state index >= 15 is 0 Å². The first-order chi connectivity index (χ1) is 14.5. The summed E-state index contributed by atoms with van der Waals surface area (Å²) in [6, 6.07) is 12.9. The van der Waals surface area contributed by atoms with Gasteiger partial charge < -0.3 is 15.0 Å². The summed E-state index contributed by atoms with van der Waals surface area (Å²) >= 11 is 1.28. The zero-order chi connectivity index (χ0) is 21.3. The van der Waals surface area contributed by atoms with E-state index in [1.54, 1.807) is 42.5 Å². The number of ether oxygens (including phenoxy) is 1. The molecule has 3 rings (SSSR count). The molecule has 1 heterocycles. The molecule has 1 fully saturated rings. The predicted octanol–water partition coefficient (Wildman–Crippen LogP) is 3.01. The van der Waals surface area contributed by atoms with Gasteiger partial charge in [-0.1, -0.05) is 30.3 Å². The van der Waals surface area contributed by atoms with Gasteiger partial charge in [-0.3, -0.25) is 9.59 Å². The highest BCUT2D eigenvalue weighted by Crippen LogP contribution is 2.24. The van der Waals surface area contributed by atoms with Crippen molar-refractivity contribution in [3.8, 4) is 0 Å². The average molecular weight is 431 g/mol. The summed E-state index contributed by atoms with van der Waals surface area (Å²) in [6.45, 7) is 1.10. The zero-order valence-electron chi connectivity index (χ0n) is 16.4. The van der Waals surface area contributed by atoms with Gasteiger partial charge >= 0.3 is 5.97 Å². The summed E-state index contributed by atoms with van der Waals surface area (Å²) in [4.78, 5) is 39.1. The molecule has 30 heavy (non-hydrogen) atoms. The minimum atomic E-state index is -0.646. The van der Waals surface area contributed by atoms with Gasteiger partial charge in [0, 0.05) is 30.1 Å². The molecule has 1 N–H and O–H groups in total.